The second-order valence-corrected chi connectivity index (χ2v) is 6.36. The van der Waals surface area contributed by atoms with Crippen molar-refractivity contribution in [2.24, 2.45) is 0 Å². The second kappa shape index (κ2) is 8.58. The van der Waals surface area contributed by atoms with E-state index < -0.39 is 11.8 Å². The van der Waals surface area contributed by atoms with Gasteiger partial charge >= 0.3 is 11.8 Å². The number of benzene rings is 1. The number of carbonyl (C=O) groups is 2. The van der Waals surface area contributed by atoms with Crippen molar-refractivity contribution in [3.8, 4) is 0 Å². The van der Waals surface area contributed by atoms with Gasteiger partial charge in [0.25, 0.3) is 0 Å². The number of nitrogens with zero attached hydrogens (tertiary/aromatic N) is 2. The predicted molar refractivity (Wildman–Crippen MR) is 99.2 cm³/mol. The molecule has 2 aromatic rings. The van der Waals surface area contributed by atoms with E-state index >= 15 is 0 Å². The molecule has 2 N–H and O–H groups in total. The number of pyridine rings is 1. The van der Waals surface area contributed by atoms with Gasteiger partial charge in [-0.25, -0.2) is 0 Å². The van der Waals surface area contributed by atoms with Crippen molar-refractivity contribution in [2.75, 3.05) is 19.6 Å². The van der Waals surface area contributed by atoms with Crippen molar-refractivity contribution in [1.82, 2.24) is 20.5 Å². The van der Waals surface area contributed by atoms with Crippen molar-refractivity contribution in [1.29, 1.82) is 0 Å². The Morgan fingerprint density at radius 3 is 2.62 bits per heavy atom. The van der Waals surface area contributed by atoms with E-state index in [1.54, 1.807) is 13.1 Å². The predicted octanol–water partition coefficient (Wildman–Crippen LogP) is 1.43. The molecule has 136 valence electrons. The first-order valence-corrected chi connectivity index (χ1v) is 8.95. The molecule has 0 fully saturated rings. The van der Waals surface area contributed by atoms with Crippen LogP contribution in [0.25, 0.3) is 0 Å². The molecule has 1 aromatic heterocycles. The highest BCUT2D eigenvalue weighted by Gasteiger charge is 2.26. The molecule has 3 rings (SSSR count). The Balaban J connectivity index is 1.75. The zero-order chi connectivity index (χ0) is 18.4. The highest BCUT2D eigenvalue weighted by molar-refractivity contribution is 6.35. The lowest BCUT2D eigenvalue weighted by molar-refractivity contribution is -0.139. The Bertz CT molecular complexity index is 763. The van der Waals surface area contributed by atoms with Crippen molar-refractivity contribution >= 4 is 11.8 Å². The largest absolute Gasteiger partial charge is 0.348 e. The lowest BCUT2D eigenvalue weighted by Gasteiger charge is -2.35. The third-order valence-corrected chi connectivity index (χ3v) is 4.67. The van der Waals surface area contributed by atoms with E-state index in [4.69, 9.17) is 0 Å². The van der Waals surface area contributed by atoms with Crippen LogP contribution in [0, 0.1) is 0 Å². The number of nitrogens with one attached hydrogen (secondary N) is 2. The van der Waals surface area contributed by atoms with Crippen molar-refractivity contribution in [2.45, 2.75) is 25.9 Å². The van der Waals surface area contributed by atoms with E-state index in [2.05, 4.69) is 44.8 Å². The minimum atomic E-state index is -0.599. The molecule has 1 atom stereocenters. The minimum absolute atomic E-state index is 0.0320. The Hall–Kier alpha value is -2.73. The topological polar surface area (TPSA) is 74.3 Å². The summed E-state index contributed by atoms with van der Waals surface area (Å²) in [5.41, 5.74) is 3.71. The van der Waals surface area contributed by atoms with Gasteiger partial charge in [-0.2, -0.15) is 0 Å². The number of hydrogen-bond acceptors (Lipinski definition) is 4. The summed E-state index contributed by atoms with van der Waals surface area (Å²) < 4.78 is 0. The molecule has 1 unspecified atom stereocenters. The Morgan fingerprint density at radius 2 is 1.88 bits per heavy atom. The molecule has 1 aromatic carbocycles. The molecule has 1 aliphatic rings. The first-order valence-electron chi connectivity index (χ1n) is 8.95. The summed E-state index contributed by atoms with van der Waals surface area (Å²) >= 11 is 0. The Kier molecular flexibility index (Phi) is 5.96. The van der Waals surface area contributed by atoms with E-state index in [1.165, 1.54) is 11.1 Å². The summed E-state index contributed by atoms with van der Waals surface area (Å²) in [4.78, 5) is 30.2. The average molecular weight is 352 g/mol. The monoisotopic (exact) mass is 352 g/mol. The maximum atomic E-state index is 12.0. The van der Waals surface area contributed by atoms with E-state index in [-0.39, 0.29) is 6.04 Å². The third kappa shape index (κ3) is 4.26. The fourth-order valence-corrected chi connectivity index (χ4v) is 3.32. The normalized spacial score (nSPS) is 15.0. The van der Waals surface area contributed by atoms with E-state index in [0.717, 1.165) is 25.1 Å². The van der Waals surface area contributed by atoms with Crippen LogP contribution in [0.3, 0.4) is 0 Å². The van der Waals surface area contributed by atoms with Crippen molar-refractivity contribution in [3.05, 3.63) is 65.5 Å². The Morgan fingerprint density at radius 1 is 1.12 bits per heavy atom. The van der Waals surface area contributed by atoms with Gasteiger partial charge in [0.2, 0.25) is 0 Å². The lowest BCUT2D eigenvalue weighted by Crippen LogP contribution is -2.45. The van der Waals surface area contributed by atoms with Gasteiger partial charge in [-0.1, -0.05) is 30.3 Å². The van der Waals surface area contributed by atoms with Crippen LogP contribution in [-0.2, 0) is 22.6 Å². The summed E-state index contributed by atoms with van der Waals surface area (Å²) in [6.07, 6.45) is 4.53. The molecule has 6 nitrogen and oxygen atoms in total. The molecule has 0 aliphatic carbocycles. The number of hydrogen-bond donors (Lipinski definition) is 2. The quantitative estimate of drug-likeness (QED) is 0.799. The molecule has 26 heavy (non-hydrogen) atoms. The average Bonchev–Trinajstić information content (AvgIpc) is 2.69. The van der Waals surface area contributed by atoms with Crippen LogP contribution < -0.4 is 10.6 Å². The van der Waals surface area contributed by atoms with Gasteiger partial charge in [-0.05, 0) is 36.1 Å². The van der Waals surface area contributed by atoms with Crippen LogP contribution in [0.2, 0.25) is 0 Å². The minimum Gasteiger partial charge on any atom is -0.348 e. The number of amides is 2. The van der Waals surface area contributed by atoms with Crippen LogP contribution in [0.5, 0.6) is 0 Å². The maximum absolute atomic E-state index is 12.0. The summed E-state index contributed by atoms with van der Waals surface area (Å²) in [5, 5.41) is 5.29. The number of fused-ring (bicyclic) bond motifs is 1. The van der Waals surface area contributed by atoms with Crippen LogP contribution >= 0.6 is 0 Å². The molecule has 1 aliphatic heterocycles. The number of likely N-dealkylation sites (N-methyl/N-ethyl adjacent to an activating group) is 1. The summed E-state index contributed by atoms with van der Waals surface area (Å²) in [6.45, 7) is 4.29. The second-order valence-electron chi connectivity index (χ2n) is 6.36. The van der Waals surface area contributed by atoms with E-state index in [1.807, 2.05) is 18.3 Å². The van der Waals surface area contributed by atoms with Gasteiger partial charge in [0, 0.05) is 38.6 Å². The lowest BCUT2D eigenvalue weighted by atomic mass is 9.97. The van der Waals surface area contributed by atoms with Crippen molar-refractivity contribution in [3.63, 3.8) is 0 Å². The van der Waals surface area contributed by atoms with Crippen LogP contribution in [0.1, 0.15) is 29.7 Å². The van der Waals surface area contributed by atoms with Gasteiger partial charge < -0.3 is 10.6 Å². The molecule has 0 saturated heterocycles. The smallest absolute Gasteiger partial charge is 0.309 e. The van der Waals surface area contributed by atoms with Gasteiger partial charge in [0.1, 0.15) is 0 Å². The molecule has 2 heterocycles. The zero-order valence-electron chi connectivity index (χ0n) is 14.9. The maximum Gasteiger partial charge on any atom is 0.309 e. The molecule has 2 amide bonds. The molecule has 0 radical (unpaired) electrons. The molecular weight excluding hydrogens is 328 g/mol. The third-order valence-electron chi connectivity index (χ3n) is 4.67. The van der Waals surface area contributed by atoms with Crippen LogP contribution in [0.4, 0.5) is 0 Å². The SMILES string of the molecule is CCNC(=O)C(=O)NCC(c1cccnc1)N1CCc2ccccc2C1. The highest BCUT2D eigenvalue weighted by Crippen LogP contribution is 2.27. The van der Waals surface area contributed by atoms with Gasteiger partial charge in [-0.15, -0.1) is 0 Å². The molecule has 0 spiro atoms. The number of rotatable bonds is 5. The molecule has 6 heteroatoms. The first-order chi connectivity index (χ1) is 12.7. The number of aromatic nitrogens is 1. The summed E-state index contributed by atoms with van der Waals surface area (Å²) in [7, 11) is 0. The van der Waals surface area contributed by atoms with Crippen molar-refractivity contribution < 1.29 is 9.59 Å². The van der Waals surface area contributed by atoms with E-state index in [0.29, 0.717) is 13.1 Å². The van der Waals surface area contributed by atoms with E-state index in [9.17, 15) is 9.59 Å². The van der Waals surface area contributed by atoms with Gasteiger partial charge in [0.05, 0.1) is 6.04 Å². The fraction of sp³-hybridized carbons (Fsp3) is 0.350. The van der Waals surface area contributed by atoms with Gasteiger partial charge in [0.15, 0.2) is 0 Å². The fourth-order valence-electron chi connectivity index (χ4n) is 3.32. The van der Waals surface area contributed by atoms with Crippen LogP contribution in [0.15, 0.2) is 48.8 Å². The zero-order valence-corrected chi connectivity index (χ0v) is 14.9. The summed E-state index contributed by atoms with van der Waals surface area (Å²) in [5.74, 6) is -1.19. The number of carbonyl (C=O) groups excluding carboxylic acids is 2. The molecule has 0 saturated carbocycles. The van der Waals surface area contributed by atoms with Crippen LogP contribution in [-0.4, -0.2) is 41.3 Å². The molecular formula is C20H24N4O2. The summed E-state index contributed by atoms with van der Waals surface area (Å²) in [6, 6.07) is 12.3. The standard InChI is InChI=1S/C20H24N4O2/c1-2-22-19(25)20(26)23-13-18(16-8-5-10-21-12-16)24-11-9-15-6-3-4-7-17(15)14-24/h3-8,10,12,18H,2,9,11,13-14H2,1H3,(H,22,25)(H,23,26). The Labute approximate surface area is 153 Å². The molecule has 0 bridgehead atoms. The highest BCUT2D eigenvalue weighted by atomic mass is 16.2. The first kappa shape index (κ1) is 18.1. The van der Waals surface area contributed by atoms with Gasteiger partial charge in [-0.3, -0.25) is 19.5 Å².